The van der Waals surface area contributed by atoms with Crippen LogP contribution in [-0.4, -0.2) is 32.6 Å². The van der Waals surface area contributed by atoms with Crippen molar-refractivity contribution < 1.29 is 4.74 Å². The summed E-state index contributed by atoms with van der Waals surface area (Å²) in [5, 5.41) is 3.46. The van der Waals surface area contributed by atoms with Crippen LogP contribution in [0.1, 0.15) is 30.5 Å². The van der Waals surface area contributed by atoms with Crippen molar-refractivity contribution in [3.05, 3.63) is 71.9 Å². The number of piperidine rings is 1. The molecule has 1 fully saturated rings. The standard InChI is InChI=1S/C26H29N5O/c1-19-23-25(30-26(28-19)32-18-21-8-4-2-5-9-21)31(17-14-20-12-15-27-16-13-20)24(29-23)22-10-6-3-7-11-22/h2-11,20,27H,12-18H2,1H3. The number of rotatable bonds is 7. The van der Waals surface area contributed by atoms with E-state index >= 15 is 0 Å². The van der Waals surface area contributed by atoms with Crippen LogP contribution in [0, 0.1) is 12.8 Å². The van der Waals surface area contributed by atoms with E-state index in [1.807, 2.05) is 43.3 Å². The number of nitrogens with zero attached hydrogens (tertiary/aromatic N) is 4. The first kappa shape index (κ1) is 20.6. The molecule has 0 aliphatic carbocycles. The van der Waals surface area contributed by atoms with Crippen LogP contribution in [0.15, 0.2) is 60.7 Å². The van der Waals surface area contributed by atoms with Gasteiger partial charge < -0.3 is 14.6 Å². The summed E-state index contributed by atoms with van der Waals surface area (Å²) in [4.78, 5) is 14.4. The maximum Gasteiger partial charge on any atom is 0.319 e. The van der Waals surface area contributed by atoms with Crippen LogP contribution < -0.4 is 10.1 Å². The lowest BCUT2D eigenvalue weighted by Gasteiger charge is -2.23. The predicted molar refractivity (Wildman–Crippen MR) is 126 cm³/mol. The van der Waals surface area contributed by atoms with Gasteiger partial charge in [0, 0.05) is 12.1 Å². The largest absolute Gasteiger partial charge is 0.459 e. The van der Waals surface area contributed by atoms with Crippen LogP contribution >= 0.6 is 0 Å². The third kappa shape index (κ3) is 4.50. The quantitative estimate of drug-likeness (QED) is 0.460. The Morgan fingerprint density at radius 2 is 1.66 bits per heavy atom. The lowest BCUT2D eigenvalue weighted by atomic mass is 9.95. The number of fused-ring (bicyclic) bond motifs is 1. The number of hydrogen-bond donors (Lipinski definition) is 1. The minimum Gasteiger partial charge on any atom is -0.459 e. The van der Waals surface area contributed by atoms with Crippen molar-refractivity contribution in [2.75, 3.05) is 13.1 Å². The molecular weight excluding hydrogens is 398 g/mol. The first-order valence-corrected chi connectivity index (χ1v) is 11.5. The van der Waals surface area contributed by atoms with Crippen LogP contribution in [0.5, 0.6) is 6.01 Å². The summed E-state index contributed by atoms with van der Waals surface area (Å²) >= 11 is 0. The van der Waals surface area contributed by atoms with E-state index < -0.39 is 0 Å². The van der Waals surface area contributed by atoms with Crippen LogP contribution in [-0.2, 0) is 13.2 Å². The smallest absolute Gasteiger partial charge is 0.319 e. The minimum absolute atomic E-state index is 0.404. The van der Waals surface area contributed by atoms with Crippen molar-refractivity contribution in [2.24, 2.45) is 5.92 Å². The van der Waals surface area contributed by atoms with Gasteiger partial charge in [0.2, 0.25) is 0 Å². The normalized spacial score (nSPS) is 14.7. The molecular formula is C26H29N5O. The predicted octanol–water partition coefficient (Wildman–Crippen LogP) is 4.77. The van der Waals surface area contributed by atoms with E-state index in [-0.39, 0.29) is 0 Å². The number of nitrogens with one attached hydrogen (secondary N) is 1. The maximum atomic E-state index is 5.97. The molecule has 164 valence electrons. The van der Waals surface area contributed by atoms with Gasteiger partial charge in [0.1, 0.15) is 17.9 Å². The molecule has 0 atom stereocenters. The molecule has 1 N–H and O–H groups in total. The Bertz CT molecular complexity index is 1170. The van der Waals surface area contributed by atoms with Crippen molar-refractivity contribution in [2.45, 2.75) is 39.3 Å². The zero-order valence-electron chi connectivity index (χ0n) is 18.5. The molecule has 4 aromatic rings. The average molecular weight is 428 g/mol. The molecule has 6 nitrogen and oxygen atoms in total. The second kappa shape index (κ2) is 9.49. The highest BCUT2D eigenvalue weighted by Gasteiger charge is 2.20. The SMILES string of the molecule is Cc1nc(OCc2ccccc2)nc2c1nc(-c1ccccc1)n2CCC1CCNCC1. The summed E-state index contributed by atoms with van der Waals surface area (Å²) in [6, 6.07) is 20.9. The molecule has 6 heteroatoms. The van der Waals surface area contributed by atoms with E-state index in [1.165, 1.54) is 12.8 Å². The third-order valence-electron chi connectivity index (χ3n) is 6.21. The summed E-state index contributed by atoms with van der Waals surface area (Å²) in [6.45, 7) is 5.54. The van der Waals surface area contributed by atoms with Crippen molar-refractivity contribution in [3.63, 3.8) is 0 Å². The van der Waals surface area contributed by atoms with Crippen molar-refractivity contribution in [1.29, 1.82) is 0 Å². The van der Waals surface area contributed by atoms with Crippen LogP contribution in [0.2, 0.25) is 0 Å². The molecule has 32 heavy (non-hydrogen) atoms. The molecule has 3 heterocycles. The molecule has 0 saturated carbocycles. The summed E-state index contributed by atoms with van der Waals surface area (Å²) in [7, 11) is 0. The van der Waals surface area contributed by atoms with E-state index in [1.54, 1.807) is 0 Å². The van der Waals surface area contributed by atoms with E-state index in [0.29, 0.717) is 12.6 Å². The number of aromatic nitrogens is 4. The third-order valence-corrected chi connectivity index (χ3v) is 6.21. The minimum atomic E-state index is 0.404. The topological polar surface area (TPSA) is 64.9 Å². The zero-order chi connectivity index (χ0) is 21.8. The maximum absolute atomic E-state index is 5.97. The molecule has 2 aromatic heterocycles. The highest BCUT2D eigenvalue weighted by Crippen LogP contribution is 2.28. The number of aryl methyl sites for hydroxylation is 2. The molecule has 1 aliphatic rings. The zero-order valence-corrected chi connectivity index (χ0v) is 18.5. The van der Waals surface area contributed by atoms with Gasteiger partial charge in [-0.15, -0.1) is 0 Å². The van der Waals surface area contributed by atoms with Crippen molar-refractivity contribution in [3.8, 4) is 17.4 Å². The lowest BCUT2D eigenvalue weighted by molar-refractivity contribution is 0.281. The van der Waals surface area contributed by atoms with Gasteiger partial charge in [0.05, 0.1) is 5.69 Å². The Hall–Kier alpha value is -3.25. The van der Waals surface area contributed by atoms with Gasteiger partial charge in [0.15, 0.2) is 5.65 Å². The van der Waals surface area contributed by atoms with Gasteiger partial charge in [-0.1, -0.05) is 60.7 Å². The fourth-order valence-corrected chi connectivity index (χ4v) is 4.40. The fraction of sp³-hybridized carbons (Fsp3) is 0.346. The number of benzene rings is 2. The Kier molecular flexibility index (Phi) is 6.12. The van der Waals surface area contributed by atoms with Crippen LogP contribution in [0.25, 0.3) is 22.6 Å². The van der Waals surface area contributed by atoms with Gasteiger partial charge in [0.25, 0.3) is 0 Å². The molecule has 1 aliphatic heterocycles. The molecule has 0 radical (unpaired) electrons. The molecule has 0 bridgehead atoms. The first-order chi connectivity index (χ1) is 15.8. The summed E-state index contributed by atoms with van der Waals surface area (Å²) in [6.07, 6.45) is 3.58. The van der Waals surface area contributed by atoms with E-state index in [2.05, 4.69) is 39.1 Å². The first-order valence-electron chi connectivity index (χ1n) is 11.5. The summed E-state index contributed by atoms with van der Waals surface area (Å²) in [5.74, 6) is 1.68. The molecule has 0 amide bonds. The molecule has 5 rings (SSSR count). The van der Waals surface area contributed by atoms with E-state index in [4.69, 9.17) is 14.7 Å². The highest BCUT2D eigenvalue weighted by molar-refractivity contribution is 5.79. The van der Waals surface area contributed by atoms with Gasteiger partial charge in [-0.25, -0.2) is 4.98 Å². The Balaban J connectivity index is 1.49. The lowest BCUT2D eigenvalue weighted by Crippen LogP contribution is -2.28. The Labute approximate surface area is 188 Å². The number of imidazole rings is 1. The average Bonchev–Trinajstić information content (AvgIpc) is 3.22. The summed E-state index contributed by atoms with van der Waals surface area (Å²) < 4.78 is 8.23. The Morgan fingerprint density at radius 1 is 0.938 bits per heavy atom. The van der Waals surface area contributed by atoms with Gasteiger partial charge in [-0.3, -0.25) is 0 Å². The van der Waals surface area contributed by atoms with Crippen LogP contribution in [0.4, 0.5) is 0 Å². The Morgan fingerprint density at radius 3 is 2.41 bits per heavy atom. The number of hydrogen-bond acceptors (Lipinski definition) is 5. The summed E-state index contributed by atoms with van der Waals surface area (Å²) in [5.41, 5.74) is 4.74. The molecule has 0 unspecified atom stereocenters. The van der Waals surface area contributed by atoms with E-state index in [9.17, 15) is 0 Å². The second-order valence-corrected chi connectivity index (χ2v) is 8.47. The monoisotopic (exact) mass is 427 g/mol. The van der Waals surface area contributed by atoms with Crippen molar-refractivity contribution >= 4 is 11.2 Å². The second-order valence-electron chi connectivity index (χ2n) is 8.47. The molecule has 1 saturated heterocycles. The molecule has 2 aromatic carbocycles. The van der Waals surface area contributed by atoms with Gasteiger partial charge in [-0.05, 0) is 50.8 Å². The molecule has 0 spiro atoms. The van der Waals surface area contributed by atoms with Gasteiger partial charge >= 0.3 is 6.01 Å². The fourth-order valence-electron chi connectivity index (χ4n) is 4.40. The highest BCUT2D eigenvalue weighted by atomic mass is 16.5. The van der Waals surface area contributed by atoms with E-state index in [0.717, 1.165) is 65.8 Å². The van der Waals surface area contributed by atoms with Gasteiger partial charge in [-0.2, -0.15) is 9.97 Å². The van der Waals surface area contributed by atoms with Crippen molar-refractivity contribution in [1.82, 2.24) is 24.8 Å². The number of ether oxygens (including phenoxy) is 1. The van der Waals surface area contributed by atoms with Crippen LogP contribution in [0.3, 0.4) is 0 Å².